The number of para-hydroxylation sites is 1. The van der Waals surface area contributed by atoms with Crippen molar-refractivity contribution in [2.45, 2.75) is 38.5 Å². The van der Waals surface area contributed by atoms with Crippen LogP contribution in [0.5, 0.6) is 0 Å². The van der Waals surface area contributed by atoms with Crippen LogP contribution >= 0.6 is 0 Å². The zero-order chi connectivity index (χ0) is 87.2. The summed E-state index contributed by atoms with van der Waals surface area (Å²) in [4.78, 5) is 9.60. The molecule has 618 valence electrons. The fourth-order valence-corrected chi connectivity index (χ4v) is 19.9. The van der Waals surface area contributed by atoms with Gasteiger partial charge in [0.1, 0.15) is 0 Å². The predicted molar refractivity (Wildman–Crippen MR) is 549 cm³/mol. The van der Waals surface area contributed by atoms with E-state index in [1.54, 1.807) is 0 Å². The van der Waals surface area contributed by atoms with Gasteiger partial charge in [0.15, 0.2) is 0 Å². The zero-order valence-electron chi connectivity index (χ0n) is 73.1. The SMILES string of the molecule is CC1(C)c2ccccc2-c2ccc(N(c3ccccc3)c3ccc(-c4ccccc4-c4ccc(N(c5cccc(-c6ccc(-c7ccc(N(c8ccc(-c9ccccc9)cc8)c8ccc(-c9ccccc9)cc8)cc7)c(-c7ccc(N(c8ccc(-c9ccccc9)cc8)c8ccc(-c9ccccc9)cc8)cc7)c6)c5)c5ccc6c(c5)C(C)(C)c5ccccc5-6)cc4)cc3)cc21. The minimum Gasteiger partial charge on any atom is -0.311 e. The van der Waals surface area contributed by atoms with Gasteiger partial charge in [-0.1, -0.05) is 373 Å². The van der Waals surface area contributed by atoms with E-state index in [0.717, 1.165) is 118 Å². The molecule has 0 bridgehead atoms. The Labute approximate surface area is 763 Å². The van der Waals surface area contributed by atoms with Crippen molar-refractivity contribution >= 4 is 68.2 Å². The van der Waals surface area contributed by atoms with E-state index in [-0.39, 0.29) is 10.8 Å². The lowest BCUT2D eigenvalue weighted by atomic mass is 9.82. The van der Waals surface area contributed by atoms with E-state index in [0.29, 0.717) is 0 Å². The highest BCUT2D eigenvalue weighted by atomic mass is 15.2. The number of hydrogen-bond donors (Lipinski definition) is 0. The Morgan fingerprint density at radius 3 is 0.646 bits per heavy atom. The number of rotatable bonds is 21. The van der Waals surface area contributed by atoms with E-state index in [4.69, 9.17) is 0 Å². The molecule has 0 unspecified atom stereocenters. The van der Waals surface area contributed by atoms with Gasteiger partial charge in [0.25, 0.3) is 0 Å². The second kappa shape index (κ2) is 33.8. The molecule has 130 heavy (non-hydrogen) atoms. The minimum absolute atomic E-state index is 0.134. The van der Waals surface area contributed by atoms with Crippen LogP contribution in [0.1, 0.15) is 49.9 Å². The summed E-state index contributed by atoms with van der Waals surface area (Å²) in [6.45, 7) is 9.47. The summed E-state index contributed by atoms with van der Waals surface area (Å²) in [5.74, 6) is 0. The Balaban J connectivity index is 0.640. The summed E-state index contributed by atoms with van der Waals surface area (Å²) in [7, 11) is 0. The lowest BCUT2D eigenvalue weighted by molar-refractivity contribution is 0.660. The number of fused-ring (bicyclic) bond motifs is 6. The van der Waals surface area contributed by atoms with Crippen molar-refractivity contribution in [3.8, 4) is 122 Å². The predicted octanol–water partition coefficient (Wildman–Crippen LogP) is 35.2. The molecule has 0 aliphatic heterocycles. The van der Waals surface area contributed by atoms with Crippen LogP contribution in [0.15, 0.2) is 497 Å². The first-order valence-electron chi connectivity index (χ1n) is 45.1. The quantitative estimate of drug-likeness (QED) is 0.0711. The highest BCUT2D eigenvalue weighted by molar-refractivity contribution is 5.95. The van der Waals surface area contributed by atoms with Crippen LogP contribution in [0.4, 0.5) is 68.2 Å². The molecule has 22 rings (SSSR count). The summed E-state index contributed by atoms with van der Waals surface area (Å²) in [5, 5.41) is 0. The van der Waals surface area contributed by atoms with E-state index in [2.05, 4.69) is 545 Å². The molecule has 20 aromatic carbocycles. The van der Waals surface area contributed by atoms with Gasteiger partial charge < -0.3 is 19.6 Å². The second-order valence-corrected chi connectivity index (χ2v) is 35.2. The smallest absolute Gasteiger partial charge is 0.0467 e. The van der Waals surface area contributed by atoms with E-state index < -0.39 is 0 Å². The minimum atomic E-state index is -0.228. The summed E-state index contributed by atoms with van der Waals surface area (Å²) in [5.41, 5.74) is 43.7. The van der Waals surface area contributed by atoms with E-state index in [1.165, 1.54) is 94.6 Å². The summed E-state index contributed by atoms with van der Waals surface area (Å²) >= 11 is 0. The molecule has 0 fully saturated rings. The van der Waals surface area contributed by atoms with Crippen molar-refractivity contribution in [3.05, 3.63) is 520 Å². The third-order valence-electron chi connectivity index (χ3n) is 26.7. The second-order valence-electron chi connectivity index (χ2n) is 35.2. The maximum absolute atomic E-state index is 2.46. The Morgan fingerprint density at radius 1 is 0.115 bits per heavy atom. The van der Waals surface area contributed by atoms with Crippen molar-refractivity contribution in [2.24, 2.45) is 0 Å². The third-order valence-corrected chi connectivity index (χ3v) is 26.7. The van der Waals surface area contributed by atoms with Gasteiger partial charge in [0.05, 0.1) is 0 Å². The van der Waals surface area contributed by atoms with Gasteiger partial charge in [0.2, 0.25) is 0 Å². The number of benzene rings is 20. The molecule has 0 spiro atoms. The lowest BCUT2D eigenvalue weighted by Gasteiger charge is -2.29. The molecule has 20 aromatic rings. The van der Waals surface area contributed by atoms with Gasteiger partial charge >= 0.3 is 0 Å². The zero-order valence-corrected chi connectivity index (χ0v) is 73.1. The summed E-state index contributed by atoms with van der Waals surface area (Å²) in [6.07, 6.45) is 0. The molecule has 0 atom stereocenters. The van der Waals surface area contributed by atoms with Crippen molar-refractivity contribution < 1.29 is 0 Å². The fourth-order valence-electron chi connectivity index (χ4n) is 19.9. The Hall–Kier alpha value is -16.4. The van der Waals surface area contributed by atoms with Crippen LogP contribution in [0.2, 0.25) is 0 Å². The average Bonchev–Trinajstić information content (AvgIpc) is 1.58. The molecule has 0 heterocycles. The van der Waals surface area contributed by atoms with Crippen molar-refractivity contribution in [2.75, 3.05) is 19.6 Å². The Kier molecular flexibility index (Phi) is 20.7. The number of hydrogen-bond acceptors (Lipinski definition) is 4. The Morgan fingerprint density at radius 2 is 0.308 bits per heavy atom. The first-order valence-corrected chi connectivity index (χ1v) is 45.1. The van der Waals surface area contributed by atoms with Crippen LogP contribution in [0.25, 0.3) is 122 Å². The molecule has 4 nitrogen and oxygen atoms in total. The molecule has 0 amide bonds. The maximum Gasteiger partial charge on any atom is 0.0467 e. The normalized spacial score (nSPS) is 12.4. The van der Waals surface area contributed by atoms with Crippen LogP contribution in [-0.4, -0.2) is 0 Å². The van der Waals surface area contributed by atoms with E-state index in [9.17, 15) is 0 Å². The largest absolute Gasteiger partial charge is 0.311 e. The molecule has 2 aliphatic carbocycles. The molecular formula is C126H94N4. The van der Waals surface area contributed by atoms with Gasteiger partial charge in [-0.2, -0.15) is 0 Å². The molecule has 0 saturated heterocycles. The van der Waals surface area contributed by atoms with E-state index >= 15 is 0 Å². The monoisotopic (exact) mass is 1660 g/mol. The van der Waals surface area contributed by atoms with Gasteiger partial charge in [-0.25, -0.2) is 0 Å². The van der Waals surface area contributed by atoms with Crippen molar-refractivity contribution in [1.29, 1.82) is 0 Å². The van der Waals surface area contributed by atoms with Gasteiger partial charge in [-0.05, 0) is 296 Å². The first kappa shape index (κ1) is 79.5. The fraction of sp³-hybridized carbons (Fsp3) is 0.0476. The molecule has 4 heteroatoms. The lowest BCUT2D eigenvalue weighted by Crippen LogP contribution is -2.16. The van der Waals surface area contributed by atoms with Crippen LogP contribution in [0.3, 0.4) is 0 Å². The summed E-state index contributed by atoms with van der Waals surface area (Å²) in [6, 6.07) is 183. The van der Waals surface area contributed by atoms with Crippen molar-refractivity contribution in [3.63, 3.8) is 0 Å². The molecule has 0 N–H and O–H groups in total. The van der Waals surface area contributed by atoms with Crippen molar-refractivity contribution in [1.82, 2.24) is 0 Å². The third kappa shape index (κ3) is 15.0. The molecule has 2 aliphatic rings. The molecule has 0 saturated carbocycles. The van der Waals surface area contributed by atoms with Gasteiger partial charge in [-0.3, -0.25) is 0 Å². The highest BCUT2D eigenvalue weighted by Crippen LogP contribution is 2.54. The van der Waals surface area contributed by atoms with E-state index in [1.807, 2.05) is 0 Å². The summed E-state index contributed by atoms with van der Waals surface area (Å²) < 4.78 is 0. The molecule has 0 aromatic heterocycles. The number of anilines is 12. The maximum atomic E-state index is 2.46. The standard InChI is InChI=1S/C126H94N4/c1-125(2)121-43-24-22-41-116(121)118-81-78-111(85-123(118)125)129(101-36-18-9-19-37-101)108-72-53-95(54-73-108)113-39-20-21-40-114(113)96-55-74-109(75-56-96)130(112-79-82-119-117-42-23-25-44-122(117)126(3,4)124(119)86-112)110-38-26-35-99(83-110)100-61-80-115(97-57-70-106(71-58-97)127(102-62-45-91(46-63-102)87-27-10-5-11-28-87)103-64-47-92(48-65-103)88-29-12-6-13-30-88)120(84-100)98-59-76-107(77-60-98)128(104-66-49-93(50-67-104)89-31-14-7-15-32-89)105-68-51-94(52-69-105)90-33-16-8-17-34-90/h5-86H,1-4H3. The van der Waals surface area contributed by atoms with Crippen LogP contribution in [0, 0.1) is 0 Å². The number of nitrogens with zero attached hydrogens (tertiary/aromatic N) is 4. The molecule has 0 radical (unpaired) electrons. The topological polar surface area (TPSA) is 13.0 Å². The molecular weight excluding hydrogens is 1570 g/mol. The highest BCUT2D eigenvalue weighted by Gasteiger charge is 2.38. The van der Waals surface area contributed by atoms with Gasteiger partial charge in [0, 0.05) is 79.1 Å². The first-order chi connectivity index (χ1) is 63.9. The van der Waals surface area contributed by atoms with Crippen LogP contribution in [-0.2, 0) is 10.8 Å². The van der Waals surface area contributed by atoms with Gasteiger partial charge in [-0.15, -0.1) is 0 Å². The van der Waals surface area contributed by atoms with Crippen LogP contribution < -0.4 is 19.6 Å². The average molecular weight is 1660 g/mol. The Bertz CT molecular complexity index is 7320.